The molecule has 0 atom stereocenters. The van der Waals surface area contributed by atoms with Crippen molar-refractivity contribution in [3.63, 3.8) is 0 Å². The number of methoxy groups -OCH3 is 1. The Bertz CT molecular complexity index is 382. The Kier molecular flexibility index (Phi) is 8.26. The summed E-state index contributed by atoms with van der Waals surface area (Å²) in [5.41, 5.74) is 2.38. The van der Waals surface area contributed by atoms with E-state index in [1.54, 1.807) is 7.11 Å². The fourth-order valence-electron chi connectivity index (χ4n) is 2.03. The van der Waals surface area contributed by atoms with Crippen molar-refractivity contribution in [2.24, 2.45) is 0 Å². The van der Waals surface area contributed by atoms with Gasteiger partial charge in [-0.1, -0.05) is 12.1 Å². The molecule has 0 bridgehead atoms. The molecule has 114 valence electrons. The molecule has 0 amide bonds. The Morgan fingerprint density at radius 2 is 1.90 bits per heavy atom. The highest BCUT2D eigenvalue weighted by atomic mass is 16.5. The molecule has 4 heteroatoms. The van der Waals surface area contributed by atoms with Gasteiger partial charge < -0.3 is 14.6 Å². The molecular weight excluding hydrogens is 254 g/mol. The van der Waals surface area contributed by atoms with Gasteiger partial charge in [-0.05, 0) is 37.5 Å². The number of hydrogen-bond donors (Lipinski definition) is 1. The van der Waals surface area contributed by atoms with E-state index in [1.807, 2.05) is 0 Å². The van der Waals surface area contributed by atoms with Crippen molar-refractivity contribution in [1.82, 2.24) is 4.90 Å². The number of benzene rings is 1. The molecule has 0 radical (unpaired) electrons. The monoisotopic (exact) mass is 281 g/mol. The minimum Gasteiger partial charge on any atom is -0.493 e. The zero-order valence-electron chi connectivity index (χ0n) is 12.9. The highest BCUT2D eigenvalue weighted by Crippen LogP contribution is 2.19. The van der Waals surface area contributed by atoms with Crippen molar-refractivity contribution >= 4 is 0 Å². The molecule has 0 aromatic heterocycles. The molecule has 1 rings (SSSR count). The highest BCUT2D eigenvalue weighted by Gasteiger charge is 2.04. The Morgan fingerprint density at radius 3 is 2.60 bits per heavy atom. The van der Waals surface area contributed by atoms with Crippen molar-refractivity contribution in [2.75, 3.05) is 46.6 Å². The van der Waals surface area contributed by atoms with Crippen LogP contribution < -0.4 is 4.74 Å². The first-order chi connectivity index (χ1) is 9.67. The summed E-state index contributed by atoms with van der Waals surface area (Å²) in [5.74, 6) is 0.968. The van der Waals surface area contributed by atoms with Crippen molar-refractivity contribution in [2.45, 2.75) is 20.3 Å². The largest absolute Gasteiger partial charge is 0.493 e. The summed E-state index contributed by atoms with van der Waals surface area (Å²) in [6, 6.07) is 6.25. The summed E-state index contributed by atoms with van der Waals surface area (Å²) in [4.78, 5) is 2.19. The number of aliphatic hydroxyl groups excluding tert-OH is 1. The maximum absolute atomic E-state index is 9.02. The summed E-state index contributed by atoms with van der Waals surface area (Å²) in [7, 11) is 1.70. The Hall–Kier alpha value is -1.10. The topological polar surface area (TPSA) is 41.9 Å². The SMILES string of the molecule is COCCN(CCO)CCCOc1cc(C)ccc1C. The summed E-state index contributed by atoms with van der Waals surface area (Å²) in [6.07, 6.45) is 0.942. The predicted octanol–water partition coefficient (Wildman–Crippen LogP) is 2.01. The molecule has 1 N–H and O–H groups in total. The molecule has 0 saturated heterocycles. The number of ether oxygens (including phenoxy) is 2. The van der Waals surface area contributed by atoms with Crippen LogP contribution in [0.5, 0.6) is 5.75 Å². The first-order valence-corrected chi connectivity index (χ1v) is 7.19. The van der Waals surface area contributed by atoms with E-state index in [2.05, 4.69) is 36.9 Å². The third-order valence-electron chi connectivity index (χ3n) is 3.25. The molecule has 0 heterocycles. The number of aliphatic hydroxyl groups is 1. The standard InChI is InChI=1S/C16H27NO3/c1-14-5-6-15(2)16(13-14)20-11-4-7-17(8-10-18)9-12-19-3/h5-6,13,18H,4,7-12H2,1-3H3. The average Bonchev–Trinajstić information content (AvgIpc) is 2.44. The van der Waals surface area contributed by atoms with Gasteiger partial charge in [0.1, 0.15) is 5.75 Å². The molecule has 0 fully saturated rings. The molecule has 0 aliphatic rings. The fourth-order valence-corrected chi connectivity index (χ4v) is 2.03. The molecule has 0 aliphatic heterocycles. The smallest absolute Gasteiger partial charge is 0.122 e. The first-order valence-electron chi connectivity index (χ1n) is 7.19. The van der Waals surface area contributed by atoms with Crippen molar-refractivity contribution in [3.8, 4) is 5.75 Å². The van der Waals surface area contributed by atoms with Crippen LogP contribution in [0.2, 0.25) is 0 Å². The van der Waals surface area contributed by atoms with Gasteiger partial charge in [-0.2, -0.15) is 0 Å². The molecule has 0 spiro atoms. The van der Waals surface area contributed by atoms with Crippen LogP contribution in [0.3, 0.4) is 0 Å². The number of rotatable bonds is 10. The minimum atomic E-state index is 0.182. The summed E-state index contributed by atoms with van der Waals surface area (Å²) in [6.45, 7) is 8.15. The van der Waals surface area contributed by atoms with E-state index in [9.17, 15) is 0 Å². The second-order valence-corrected chi connectivity index (χ2v) is 5.03. The van der Waals surface area contributed by atoms with Crippen LogP contribution in [-0.2, 0) is 4.74 Å². The van der Waals surface area contributed by atoms with E-state index in [4.69, 9.17) is 14.6 Å². The van der Waals surface area contributed by atoms with E-state index in [0.29, 0.717) is 19.8 Å². The molecule has 0 aliphatic carbocycles. The van der Waals surface area contributed by atoms with Gasteiger partial charge in [0.2, 0.25) is 0 Å². The Labute approximate surface area is 122 Å². The van der Waals surface area contributed by atoms with Crippen LogP contribution in [0.4, 0.5) is 0 Å². The quantitative estimate of drug-likeness (QED) is 0.666. The van der Waals surface area contributed by atoms with Gasteiger partial charge in [-0.15, -0.1) is 0 Å². The molecule has 0 saturated carbocycles. The van der Waals surface area contributed by atoms with E-state index < -0.39 is 0 Å². The van der Waals surface area contributed by atoms with Gasteiger partial charge in [-0.25, -0.2) is 0 Å². The predicted molar refractivity (Wildman–Crippen MR) is 81.4 cm³/mol. The molecule has 1 aromatic rings. The van der Waals surface area contributed by atoms with Crippen LogP contribution in [0, 0.1) is 13.8 Å². The fraction of sp³-hybridized carbons (Fsp3) is 0.625. The zero-order valence-corrected chi connectivity index (χ0v) is 12.9. The lowest BCUT2D eigenvalue weighted by Gasteiger charge is -2.20. The molecule has 20 heavy (non-hydrogen) atoms. The number of hydrogen-bond acceptors (Lipinski definition) is 4. The van der Waals surface area contributed by atoms with Gasteiger partial charge in [-0.3, -0.25) is 4.90 Å². The van der Waals surface area contributed by atoms with E-state index in [1.165, 1.54) is 11.1 Å². The lowest BCUT2D eigenvalue weighted by molar-refractivity contribution is 0.126. The van der Waals surface area contributed by atoms with Crippen molar-refractivity contribution in [3.05, 3.63) is 29.3 Å². The van der Waals surface area contributed by atoms with Crippen molar-refractivity contribution < 1.29 is 14.6 Å². The van der Waals surface area contributed by atoms with Crippen molar-refractivity contribution in [1.29, 1.82) is 0 Å². The maximum Gasteiger partial charge on any atom is 0.122 e. The molecule has 0 unspecified atom stereocenters. The number of nitrogens with zero attached hydrogens (tertiary/aromatic N) is 1. The first kappa shape index (κ1) is 17.0. The van der Waals surface area contributed by atoms with Gasteiger partial charge in [0, 0.05) is 26.7 Å². The van der Waals surface area contributed by atoms with Crippen LogP contribution in [0.25, 0.3) is 0 Å². The third kappa shape index (κ3) is 6.37. The molecular formula is C16H27NO3. The average molecular weight is 281 g/mol. The summed E-state index contributed by atoms with van der Waals surface area (Å²) in [5, 5.41) is 9.02. The van der Waals surface area contributed by atoms with E-state index in [-0.39, 0.29) is 6.61 Å². The summed E-state index contributed by atoms with van der Waals surface area (Å²) >= 11 is 0. The van der Waals surface area contributed by atoms with Crippen LogP contribution in [0.15, 0.2) is 18.2 Å². The highest BCUT2D eigenvalue weighted by molar-refractivity contribution is 5.35. The van der Waals surface area contributed by atoms with E-state index >= 15 is 0 Å². The normalized spacial score (nSPS) is 11.1. The van der Waals surface area contributed by atoms with Gasteiger partial charge in [0.25, 0.3) is 0 Å². The maximum atomic E-state index is 9.02. The van der Waals surface area contributed by atoms with Gasteiger partial charge >= 0.3 is 0 Å². The van der Waals surface area contributed by atoms with Crippen LogP contribution >= 0.6 is 0 Å². The van der Waals surface area contributed by atoms with Gasteiger partial charge in [0.15, 0.2) is 0 Å². The third-order valence-corrected chi connectivity index (χ3v) is 3.25. The lowest BCUT2D eigenvalue weighted by Crippen LogP contribution is -2.32. The second kappa shape index (κ2) is 9.75. The second-order valence-electron chi connectivity index (χ2n) is 5.03. The zero-order chi connectivity index (χ0) is 14.8. The molecule has 1 aromatic carbocycles. The number of aryl methyl sites for hydroxylation is 2. The Morgan fingerprint density at radius 1 is 1.10 bits per heavy atom. The lowest BCUT2D eigenvalue weighted by atomic mass is 10.1. The van der Waals surface area contributed by atoms with Crippen LogP contribution in [-0.4, -0.2) is 56.6 Å². The summed E-state index contributed by atoms with van der Waals surface area (Å²) < 4.78 is 10.9. The van der Waals surface area contributed by atoms with E-state index in [0.717, 1.165) is 25.3 Å². The van der Waals surface area contributed by atoms with Gasteiger partial charge in [0.05, 0.1) is 19.8 Å². The Balaban J connectivity index is 2.30. The minimum absolute atomic E-state index is 0.182. The molecule has 4 nitrogen and oxygen atoms in total. The van der Waals surface area contributed by atoms with Crippen LogP contribution in [0.1, 0.15) is 17.5 Å².